The molecular formula is C27H26N2O3. The van der Waals surface area contributed by atoms with Gasteiger partial charge in [0.05, 0.1) is 18.6 Å². The van der Waals surface area contributed by atoms with Gasteiger partial charge < -0.3 is 15.0 Å². The van der Waals surface area contributed by atoms with E-state index in [-0.39, 0.29) is 17.9 Å². The Balaban J connectivity index is 1.47. The summed E-state index contributed by atoms with van der Waals surface area (Å²) < 4.78 is 5.50. The molecule has 1 N–H and O–H groups in total. The molecule has 0 spiro atoms. The highest BCUT2D eigenvalue weighted by Crippen LogP contribution is 2.45. The van der Waals surface area contributed by atoms with Crippen LogP contribution in [0.1, 0.15) is 51.5 Å². The van der Waals surface area contributed by atoms with E-state index in [1.165, 1.54) is 5.56 Å². The number of carbonyl (C=O) groups is 2. The first kappa shape index (κ1) is 20.3. The molecule has 5 heteroatoms. The summed E-state index contributed by atoms with van der Waals surface area (Å²) in [5, 5.41) is 3.12. The third-order valence-electron chi connectivity index (χ3n) is 6.42. The van der Waals surface area contributed by atoms with Gasteiger partial charge in [0.1, 0.15) is 5.75 Å². The minimum atomic E-state index is -0.451. The van der Waals surface area contributed by atoms with Crippen molar-refractivity contribution in [2.24, 2.45) is 0 Å². The summed E-state index contributed by atoms with van der Waals surface area (Å²) in [6.07, 6.45) is 0.807. The van der Waals surface area contributed by atoms with Crippen molar-refractivity contribution in [3.05, 3.63) is 101 Å². The molecule has 2 heterocycles. The van der Waals surface area contributed by atoms with E-state index in [0.29, 0.717) is 25.3 Å². The quantitative estimate of drug-likeness (QED) is 0.664. The Morgan fingerprint density at radius 1 is 1.00 bits per heavy atom. The molecule has 2 atom stereocenters. The van der Waals surface area contributed by atoms with Gasteiger partial charge in [0.2, 0.25) is 5.91 Å². The molecule has 2 aliphatic rings. The van der Waals surface area contributed by atoms with Crippen molar-refractivity contribution in [3.8, 4) is 5.75 Å². The Morgan fingerprint density at radius 3 is 2.50 bits per heavy atom. The normalized spacial score (nSPS) is 18.9. The summed E-state index contributed by atoms with van der Waals surface area (Å²) in [5.74, 6) is 0.311. The number of hydrogen-bond donors (Lipinski definition) is 1. The lowest BCUT2D eigenvalue weighted by Crippen LogP contribution is -2.50. The summed E-state index contributed by atoms with van der Waals surface area (Å²) in [6.45, 7) is 3.62. The minimum absolute atomic E-state index is 0.00988. The Bertz CT molecular complexity index is 1160. The van der Waals surface area contributed by atoms with Crippen LogP contribution in [-0.4, -0.2) is 29.9 Å². The van der Waals surface area contributed by atoms with Crippen LogP contribution in [-0.2, 0) is 17.8 Å². The molecule has 0 aliphatic carbocycles. The Labute approximate surface area is 188 Å². The van der Waals surface area contributed by atoms with Crippen molar-refractivity contribution < 1.29 is 14.3 Å². The van der Waals surface area contributed by atoms with Crippen LogP contribution in [0.2, 0.25) is 0 Å². The third kappa shape index (κ3) is 3.54. The number of fused-ring (bicyclic) bond motifs is 4. The first-order valence-corrected chi connectivity index (χ1v) is 11.1. The van der Waals surface area contributed by atoms with E-state index in [0.717, 1.165) is 28.9 Å². The molecule has 32 heavy (non-hydrogen) atoms. The largest absolute Gasteiger partial charge is 0.494 e. The molecule has 2 aliphatic heterocycles. The standard InChI is InChI=1S/C27H26N2O3/c1-2-32-20-13-11-18(12-14-20)17-28-26(30)24-22-9-5-6-10-23(22)27(31)29-16-15-19-7-3-4-8-21(19)25(24)29/h3-14,24-25H,2,15-17H2,1H3,(H,28,30). The van der Waals surface area contributed by atoms with E-state index >= 15 is 0 Å². The smallest absolute Gasteiger partial charge is 0.254 e. The molecule has 0 saturated heterocycles. The highest BCUT2D eigenvalue weighted by atomic mass is 16.5. The lowest BCUT2D eigenvalue weighted by molar-refractivity contribution is -0.124. The van der Waals surface area contributed by atoms with Crippen LogP contribution < -0.4 is 10.1 Å². The molecule has 3 aromatic carbocycles. The fourth-order valence-electron chi connectivity index (χ4n) is 4.93. The highest BCUT2D eigenvalue weighted by molar-refractivity contribution is 6.01. The van der Waals surface area contributed by atoms with E-state index in [9.17, 15) is 9.59 Å². The highest BCUT2D eigenvalue weighted by Gasteiger charge is 2.45. The minimum Gasteiger partial charge on any atom is -0.494 e. The summed E-state index contributed by atoms with van der Waals surface area (Å²) >= 11 is 0. The summed E-state index contributed by atoms with van der Waals surface area (Å²) in [5.41, 5.74) is 4.72. The Morgan fingerprint density at radius 2 is 1.72 bits per heavy atom. The van der Waals surface area contributed by atoms with Crippen molar-refractivity contribution in [3.63, 3.8) is 0 Å². The van der Waals surface area contributed by atoms with Crippen molar-refractivity contribution in [1.82, 2.24) is 10.2 Å². The molecule has 3 aromatic rings. The van der Waals surface area contributed by atoms with Crippen molar-refractivity contribution in [1.29, 1.82) is 0 Å². The van der Waals surface area contributed by atoms with Crippen LogP contribution in [0.4, 0.5) is 0 Å². The van der Waals surface area contributed by atoms with Gasteiger partial charge in [-0.1, -0.05) is 54.6 Å². The predicted molar refractivity (Wildman–Crippen MR) is 123 cm³/mol. The van der Waals surface area contributed by atoms with Crippen LogP contribution in [0, 0.1) is 0 Å². The van der Waals surface area contributed by atoms with Crippen LogP contribution in [0.3, 0.4) is 0 Å². The van der Waals surface area contributed by atoms with Gasteiger partial charge in [-0.25, -0.2) is 0 Å². The number of amides is 2. The lowest BCUT2D eigenvalue weighted by Gasteiger charge is -2.45. The van der Waals surface area contributed by atoms with E-state index < -0.39 is 5.92 Å². The molecule has 5 rings (SSSR count). The van der Waals surface area contributed by atoms with Crippen molar-refractivity contribution >= 4 is 11.8 Å². The summed E-state index contributed by atoms with van der Waals surface area (Å²) in [4.78, 5) is 28.8. The molecule has 162 valence electrons. The monoisotopic (exact) mass is 426 g/mol. The number of hydrogen-bond acceptors (Lipinski definition) is 3. The first-order valence-electron chi connectivity index (χ1n) is 11.1. The molecule has 0 aromatic heterocycles. The van der Waals surface area contributed by atoms with Gasteiger partial charge in [0, 0.05) is 18.7 Å². The maximum atomic E-state index is 13.6. The molecule has 2 amide bonds. The zero-order chi connectivity index (χ0) is 22.1. The molecular weight excluding hydrogens is 400 g/mol. The van der Waals surface area contributed by atoms with E-state index in [4.69, 9.17) is 4.74 Å². The average Bonchev–Trinajstić information content (AvgIpc) is 2.84. The van der Waals surface area contributed by atoms with E-state index in [2.05, 4.69) is 17.4 Å². The molecule has 0 saturated carbocycles. The van der Waals surface area contributed by atoms with Gasteiger partial charge in [-0.3, -0.25) is 9.59 Å². The summed E-state index contributed by atoms with van der Waals surface area (Å²) in [7, 11) is 0. The number of nitrogens with one attached hydrogen (secondary N) is 1. The zero-order valence-corrected chi connectivity index (χ0v) is 18.1. The van der Waals surface area contributed by atoms with Crippen LogP contribution in [0.5, 0.6) is 5.75 Å². The maximum absolute atomic E-state index is 13.6. The Hall–Kier alpha value is -3.60. The van der Waals surface area contributed by atoms with Gasteiger partial charge in [-0.05, 0) is 53.8 Å². The Kier molecular flexibility index (Phi) is 5.39. The van der Waals surface area contributed by atoms with E-state index in [1.807, 2.05) is 72.5 Å². The topological polar surface area (TPSA) is 58.6 Å². The van der Waals surface area contributed by atoms with Crippen LogP contribution in [0.25, 0.3) is 0 Å². The maximum Gasteiger partial charge on any atom is 0.254 e. The van der Waals surface area contributed by atoms with Crippen LogP contribution >= 0.6 is 0 Å². The molecule has 5 nitrogen and oxygen atoms in total. The van der Waals surface area contributed by atoms with Gasteiger partial charge in [-0.2, -0.15) is 0 Å². The van der Waals surface area contributed by atoms with Gasteiger partial charge >= 0.3 is 0 Å². The molecule has 0 bridgehead atoms. The fraction of sp³-hybridized carbons (Fsp3) is 0.259. The fourth-order valence-corrected chi connectivity index (χ4v) is 4.93. The van der Waals surface area contributed by atoms with Crippen molar-refractivity contribution in [2.45, 2.75) is 31.8 Å². The van der Waals surface area contributed by atoms with Gasteiger partial charge in [-0.15, -0.1) is 0 Å². The second-order valence-corrected chi connectivity index (χ2v) is 8.25. The predicted octanol–water partition coefficient (Wildman–Crippen LogP) is 4.24. The molecule has 0 radical (unpaired) electrons. The zero-order valence-electron chi connectivity index (χ0n) is 18.1. The van der Waals surface area contributed by atoms with Gasteiger partial charge in [0.25, 0.3) is 5.91 Å². The third-order valence-corrected chi connectivity index (χ3v) is 6.42. The van der Waals surface area contributed by atoms with Gasteiger partial charge in [0.15, 0.2) is 0 Å². The summed E-state index contributed by atoms with van der Waals surface area (Å²) in [6, 6.07) is 23.2. The molecule has 0 fully saturated rings. The number of nitrogens with zero attached hydrogens (tertiary/aromatic N) is 1. The average molecular weight is 427 g/mol. The van der Waals surface area contributed by atoms with Crippen molar-refractivity contribution in [2.75, 3.05) is 13.2 Å². The second kappa shape index (κ2) is 8.50. The number of ether oxygens (including phenoxy) is 1. The van der Waals surface area contributed by atoms with E-state index in [1.54, 1.807) is 0 Å². The molecule has 2 unspecified atom stereocenters. The number of carbonyl (C=O) groups excluding carboxylic acids is 2. The number of benzene rings is 3. The number of rotatable bonds is 5. The first-order chi connectivity index (χ1) is 15.7. The second-order valence-electron chi connectivity index (χ2n) is 8.25. The lowest BCUT2D eigenvalue weighted by atomic mass is 9.76. The SMILES string of the molecule is CCOc1ccc(CNC(=O)C2c3ccccc3C(=O)N3CCc4ccccc4C23)cc1. The van der Waals surface area contributed by atoms with Crippen LogP contribution in [0.15, 0.2) is 72.8 Å².